The summed E-state index contributed by atoms with van der Waals surface area (Å²) in [5.74, 6) is -0.399. The molecule has 0 radical (unpaired) electrons. The van der Waals surface area contributed by atoms with Crippen molar-refractivity contribution in [3.8, 4) is 20.3 Å². The molecule has 0 aromatic carbocycles. The van der Waals surface area contributed by atoms with Crippen molar-refractivity contribution in [2.45, 2.75) is 12.8 Å². The molecule has 132 valence electrons. The average molecular weight is 403 g/mol. The molecule has 1 aliphatic rings. The number of nitrogens with zero attached hydrogens (tertiary/aromatic N) is 3. The Morgan fingerprint density at radius 1 is 1.15 bits per heavy atom. The van der Waals surface area contributed by atoms with Gasteiger partial charge in [-0.05, 0) is 22.9 Å². The van der Waals surface area contributed by atoms with Crippen molar-refractivity contribution in [3.63, 3.8) is 0 Å². The maximum Gasteiger partial charge on any atom is 0.273 e. The number of nitrogens with one attached hydrogen (secondary N) is 1. The van der Waals surface area contributed by atoms with Crippen LogP contribution >= 0.6 is 34.0 Å². The van der Waals surface area contributed by atoms with Gasteiger partial charge in [0.05, 0.1) is 9.75 Å². The molecule has 0 spiro atoms. The molecule has 3 aromatic heterocycles. The van der Waals surface area contributed by atoms with Gasteiger partial charge in [-0.15, -0.1) is 22.7 Å². The molecule has 26 heavy (non-hydrogen) atoms. The van der Waals surface area contributed by atoms with Crippen LogP contribution in [0.3, 0.4) is 0 Å². The third kappa shape index (κ3) is 3.33. The molecule has 1 N–H and O–H groups in total. The Bertz CT molecular complexity index is 922. The summed E-state index contributed by atoms with van der Waals surface area (Å²) in [5, 5.41) is 12.7. The van der Waals surface area contributed by atoms with Crippen LogP contribution in [-0.2, 0) is 9.59 Å². The van der Waals surface area contributed by atoms with Crippen molar-refractivity contribution < 1.29 is 9.59 Å². The molecule has 3 aromatic rings. The molecule has 0 fully saturated rings. The summed E-state index contributed by atoms with van der Waals surface area (Å²) in [7, 11) is 1.56. The van der Waals surface area contributed by atoms with E-state index in [1.54, 1.807) is 29.7 Å². The van der Waals surface area contributed by atoms with Crippen LogP contribution in [0.1, 0.15) is 12.8 Å². The zero-order valence-corrected chi connectivity index (χ0v) is 16.2. The number of anilines is 1. The molecular formula is C17H14N4O2S3. The van der Waals surface area contributed by atoms with Gasteiger partial charge in [-0.1, -0.05) is 23.5 Å². The minimum atomic E-state index is -0.312. The maximum atomic E-state index is 12.5. The number of carbonyl (C=O) groups is 2. The van der Waals surface area contributed by atoms with Gasteiger partial charge in [0.15, 0.2) is 5.13 Å². The van der Waals surface area contributed by atoms with Gasteiger partial charge in [0.25, 0.3) is 5.91 Å². The zero-order chi connectivity index (χ0) is 18.1. The lowest BCUT2D eigenvalue weighted by Crippen LogP contribution is -2.34. The van der Waals surface area contributed by atoms with E-state index < -0.39 is 0 Å². The SMILES string of the molecule is CN1N=C(C(=O)Nc2nc(-c3cccs3)c(-c3cccs3)s2)CCC1=O. The number of hydrazone groups is 1. The highest BCUT2D eigenvalue weighted by Crippen LogP contribution is 2.42. The topological polar surface area (TPSA) is 74.7 Å². The molecule has 0 saturated heterocycles. The van der Waals surface area contributed by atoms with Gasteiger partial charge in [-0.25, -0.2) is 9.99 Å². The number of rotatable bonds is 4. The second kappa shape index (κ2) is 7.10. The van der Waals surface area contributed by atoms with E-state index in [-0.39, 0.29) is 11.8 Å². The number of thiophene rings is 2. The van der Waals surface area contributed by atoms with Crippen LogP contribution < -0.4 is 5.32 Å². The molecule has 6 nitrogen and oxygen atoms in total. The first kappa shape index (κ1) is 17.1. The minimum absolute atomic E-state index is 0.0873. The van der Waals surface area contributed by atoms with Gasteiger partial charge in [-0.2, -0.15) is 5.10 Å². The summed E-state index contributed by atoms with van der Waals surface area (Å²) in [6.45, 7) is 0. The summed E-state index contributed by atoms with van der Waals surface area (Å²) in [4.78, 5) is 31.9. The zero-order valence-electron chi connectivity index (χ0n) is 13.8. The van der Waals surface area contributed by atoms with E-state index in [2.05, 4.69) is 15.4 Å². The van der Waals surface area contributed by atoms with E-state index >= 15 is 0 Å². The lowest BCUT2D eigenvalue weighted by atomic mass is 10.1. The Labute approximate surface area is 161 Å². The molecule has 0 atom stereocenters. The Morgan fingerprint density at radius 2 is 1.88 bits per heavy atom. The van der Waals surface area contributed by atoms with E-state index in [4.69, 9.17) is 0 Å². The fourth-order valence-corrected chi connectivity index (χ4v) is 5.14. The van der Waals surface area contributed by atoms with Gasteiger partial charge < -0.3 is 0 Å². The highest BCUT2D eigenvalue weighted by molar-refractivity contribution is 7.24. The predicted molar refractivity (Wildman–Crippen MR) is 107 cm³/mol. The number of amides is 2. The molecule has 0 aliphatic carbocycles. The molecule has 0 unspecified atom stereocenters. The Hall–Kier alpha value is -2.36. The number of thiazole rings is 1. The molecule has 4 rings (SSSR count). The van der Waals surface area contributed by atoms with E-state index in [9.17, 15) is 9.59 Å². The quantitative estimate of drug-likeness (QED) is 0.712. The van der Waals surface area contributed by atoms with Crippen molar-refractivity contribution in [1.29, 1.82) is 0 Å². The highest BCUT2D eigenvalue weighted by atomic mass is 32.1. The van der Waals surface area contributed by atoms with Crippen LogP contribution in [0.2, 0.25) is 0 Å². The molecule has 2 amide bonds. The van der Waals surface area contributed by atoms with E-state index in [0.29, 0.717) is 23.7 Å². The van der Waals surface area contributed by atoms with Crippen molar-refractivity contribution in [3.05, 3.63) is 35.0 Å². The van der Waals surface area contributed by atoms with Crippen molar-refractivity contribution >= 4 is 56.7 Å². The largest absolute Gasteiger partial charge is 0.297 e. The van der Waals surface area contributed by atoms with Crippen LogP contribution in [0.25, 0.3) is 20.3 Å². The van der Waals surface area contributed by atoms with Gasteiger partial charge in [0.2, 0.25) is 5.91 Å². The monoisotopic (exact) mass is 402 g/mol. The molecule has 1 aliphatic heterocycles. The maximum absolute atomic E-state index is 12.5. The highest BCUT2D eigenvalue weighted by Gasteiger charge is 2.24. The van der Waals surface area contributed by atoms with Gasteiger partial charge in [0, 0.05) is 24.8 Å². The Kier molecular flexibility index (Phi) is 4.66. The van der Waals surface area contributed by atoms with Gasteiger partial charge >= 0.3 is 0 Å². The lowest BCUT2D eigenvalue weighted by Gasteiger charge is -2.18. The van der Waals surface area contributed by atoms with Crippen LogP contribution in [0.5, 0.6) is 0 Å². The second-order valence-corrected chi connectivity index (χ2v) is 8.46. The van der Waals surface area contributed by atoms with E-state index in [1.165, 1.54) is 16.3 Å². The first-order chi connectivity index (χ1) is 12.6. The summed E-state index contributed by atoms with van der Waals surface area (Å²) >= 11 is 4.71. The molecule has 0 bridgehead atoms. The van der Waals surface area contributed by atoms with Gasteiger partial charge in [-0.3, -0.25) is 14.9 Å². The van der Waals surface area contributed by atoms with Crippen molar-refractivity contribution in [1.82, 2.24) is 9.99 Å². The third-order valence-corrected chi connectivity index (χ3v) is 6.71. The number of hydrogen-bond donors (Lipinski definition) is 1. The van der Waals surface area contributed by atoms with Crippen molar-refractivity contribution in [2.24, 2.45) is 5.10 Å². The first-order valence-electron chi connectivity index (χ1n) is 7.86. The first-order valence-corrected chi connectivity index (χ1v) is 10.4. The Morgan fingerprint density at radius 3 is 2.54 bits per heavy atom. The molecule has 4 heterocycles. The number of aromatic nitrogens is 1. The summed E-state index contributed by atoms with van der Waals surface area (Å²) in [6, 6.07) is 8.06. The fourth-order valence-electron chi connectivity index (χ4n) is 2.53. The van der Waals surface area contributed by atoms with Crippen molar-refractivity contribution in [2.75, 3.05) is 12.4 Å². The third-order valence-electron chi connectivity index (χ3n) is 3.82. The predicted octanol–water partition coefficient (Wildman–Crippen LogP) is 4.15. The summed E-state index contributed by atoms with van der Waals surface area (Å²) in [6.07, 6.45) is 0.636. The minimum Gasteiger partial charge on any atom is -0.297 e. The van der Waals surface area contributed by atoms with Crippen LogP contribution in [0.4, 0.5) is 5.13 Å². The fraction of sp³-hybridized carbons (Fsp3) is 0.176. The standard InChI is InChI=1S/C17H14N4O2S3/c1-21-13(22)7-6-10(20-21)16(23)19-17-18-14(11-4-2-8-24-11)15(26-17)12-5-3-9-25-12/h2-5,8-9H,6-7H2,1H3,(H,18,19,23). The van der Waals surface area contributed by atoms with Crippen LogP contribution in [0, 0.1) is 0 Å². The van der Waals surface area contributed by atoms with Gasteiger partial charge in [0.1, 0.15) is 11.4 Å². The molecular weight excluding hydrogens is 388 g/mol. The smallest absolute Gasteiger partial charge is 0.273 e. The number of carbonyl (C=O) groups excluding carboxylic acids is 2. The van der Waals surface area contributed by atoms with E-state index in [1.807, 2.05) is 35.0 Å². The average Bonchev–Trinajstić information content (AvgIpc) is 3.37. The van der Waals surface area contributed by atoms with E-state index in [0.717, 1.165) is 20.3 Å². The summed E-state index contributed by atoms with van der Waals surface area (Å²) in [5.41, 5.74) is 1.22. The number of hydrogen-bond acceptors (Lipinski definition) is 7. The van der Waals surface area contributed by atoms with Crippen LogP contribution in [-0.4, -0.2) is 34.6 Å². The second-order valence-electron chi connectivity index (χ2n) is 5.57. The Balaban J connectivity index is 1.64. The molecule has 0 saturated carbocycles. The molecule has 9 heteroatoms. The lowest BCUT2D eigenvalue weighted by molar-refractivity contribution is -0.130. The normalized spacial score (nSPS) is 14.4. The van der Waals surface area contributed by atoms with Crippen LogP contribution in [0.15, 0.2) is 40.1 Å². The summed E-state index contributed by atoms with van der Waals surface area (Å²) < 4.78 is 0.